The molecule has 2 aliphatic rings. The molecular weight excluding hydrogens is 260 g/mol. The third-order valence-corrected chi connectivity index (χ3v) is 5.17. The van der Waals surface area contributed by atoms with Crippen LogP contribution >= 0.6 is 11.3 Å². The Hall–Kier alpha value is -0.910. The van der Waals surface area contributed by atoms with Crippen molar-refractivity contribution in [2.75, 3.05) is 39.9 Å². The number of carbonyl (C=O) groups excluding carboxylic acids is 1. The summed E-state index contributed by atoms with van der Waals surface area (Å²) in [6, 6.07) is 4.16. The van der Waals surface area contributed by atoms with E-state index in [4.69, 9.17) is 4.74 Å². The minimum absolute atomic E-state index is 0.177. The van der Waals surface area contributed by atoms with Crippen LogP contribution in [-0.4, -0.2) is 50.7 Å². The molecule has 4 nitrogen and oxygen atoms in total. The van der Waals surface area contributed by atoms with Gasteiger partial charge in [0, 0.05) is 30.4 Å². The molecule has 0 spiro atoms. The third kappa shape index (κ3) is 2.42. The zero-order chi connectivity index (χ0) is 13.3. The molecule has 1 N–H and O–H groups in total. The predicted octanol–water partition coefficient (Wildman–Crippen LogP) is 0.985. The molecule has 2 atom stereocenters. The van der Waals surface area contributed by atoms with Gasteiger partial charge in [0.1, 0.15) is 0 Å². The van der Waals surface area contributed by atoms with E-state index in [1.165, 1.54) is 4.88 Å². The molecule has 2 fully saturated rings. The van der Waals surface area contributed by atoms with Gasteiger partial charge in [-0.15, -0.1) is 11.3 Å². The number of amides is 1. The van der Waals surface area contributed by atoms with E-state index in [-0.39, 0.29) is 11.3 Å². The number of nitrogens with zero attached hydrogens (tertiary/aromatic N) is 1. The van der Waals surface area contributed by atoms with Crippen molar-refractivity contribution in [1.29, 1.82) is 0 Å². The normalized spacial score (nSPS) is 30.5. The zero-order valence-corrected chi connectivity index (χ0v) is 12.0. The van der Waals surface area contributed by atoms with Gasteiger partial charge in [0.25, 0.3) is 0 Å². The number of likely N-dealkylation sites (tertiary alicyclic amines) is 1. The standard InChI is InChI=1S/C14H20N2O2S/c1-16-7-11-8-18-10-14(11,9-16)13(17)15-5-4-12-3-2-6-19-12/h2-3,6,11H,4-5,7-10H2,1H3,(H,15,17)/t11-,14-/m0/s1. The highest BCUT2D eigenvalue weighted by atomic mass is 32.1. The summed E-state index contributed by atoms with van der Waals surface area (Å²) in [6.07, 6.45) is 0.918. The van der Waals surface area contributed by atoms with Crippen molar-refractivity contribution < 1.29 is 9.53 Å². The van der Waals surface area contributed by atoms with E-state index in [0.717, 1.165) is 32.7 Å². The topological polar surface area (TPSA) is 41.6 Å². The number of fused-ring (bicyclic) bond motifs is 1. The van der Waals surface area contributed by atoms with Crippen LogP contribution in [0.1, 0.15) is 4.88 Å². The summed E-state index contributed by atoms with van der Waals surface area (Å²) < 4.78 is 5.55. The minimum atomic E-state index is -0.301. The molecular formula is C14H20N2O2S. The molecule has 0 aliphatic carbocycles. The van der Waals surface area contributed by atoms with Gasteiger partial charge in [-0.25, -0.2) is 0 Å². The molecule has 1 amide bonds. The van der Waals surface area contributed by atoms with Crippen molar-refractivity contribution in [3.05, 3.63) is 22.4 Å². The van der Waals surface area contributed by atoms with Gasteiger partial charge in [0.15, 0.2) is 0 Å². The van der Waals surface area contributed by atoms with Gasteiger partial charge in [-0.3, -0.25) is 4.79 Å². The van der Waals surface area contributed by atoms with E-state index in [1.54, 1.807) is 11.3 Å². The van der Waals surface area contributed by atoms with Crippen molar-refractivity contribution >= 4 is 17.2 Å². The maximum atomic E-state index is 12.5. The van der Waals surface area contributed by atoms with Crippen LogP contribution in [0.2, 0.25) is 0 Å². The number of hydrogen-bond acceptors (Lipinski definition) is 4. The lowest BCUT2D eigenvalue weighted by Gasteiger charge is -2.25. The molecule has 0 unspecified atom stereocenters. The average molecular weight is 280 g/mol. The maximum Gasteiger partial charge on any atom is 0.230 e. The Bertz CT molecular complexity index is 448. The highest BCUT2D eigenvalue weighted by Gasteiger charge is 2.54. The molecule has 2 aliphatic heterocycles. The lowest BCUT2D eigenvalue weighted by molar-refractivity contribution is -0.131. The summed E-state index contributed by atoms with van der Waals surface area (Å²) in [6.45, 7) is 3.81. The summed E-state index contributed by atoms with van der Waals surface area (Å²) in [5, 5.41) is 5.18. The van der Waals surface area contributed by atoms with Crippen LogP contribution in [0.25, 0.3) is 0 Å². The number of carbonyl (C=O) groups is 1. The van der Waals surface area contributed by atoms with Gasteiger partial charge in [0.05, 0.1) is 18.6 Å². The van der Waals surface area contributed by atoms with E-state index in [1.807, 2.05) is 6.07 Å². The Morgan fingerprint density at radius 2 is 2.58 bits per heavy atom. The molecule has 3 heterocycles. The summed E-state index contributed by atoms with van der Waals surface area (Å²) in [4.78, 5) is 16.1. The SMILES string of the molecule is CN1C[C@H]2COC[C@@]2(C(=O)NCCc2cccs2)C1. The highest BCUT2D eigenvalue weighted by molar-refractivity contribution is 7.09. The van der Waals surface area contributed by atoms with Crippen molar-refractivity contribution in [1.82, 2.24) is 10.2 Å². The molecule has 0 bridgehead atoms. The van der Waals surface area contributed by atoms with Crippen molar-refractivity contribution in [3.8, 4) is 0 Å². The predicted molar refractivity (Wildman–Crippen MR) is 75.3 cm³/mol. The first-order chi connectivity index (χ1) is 9.21. The summed E-state index contributed by atoms with van der Waals surface area (Å²) in [5.41, 5.74) is -0.301. The average Bonchev–Trinajstić information content (AvgIpc) is 3.04. The second-order valence-corrected chi connectivity index (χ2v) is 6.68. The van der Waals surface area contributed by atoms with Gasteiger partial charge in [-0.05, 0) is 24.9 Å². The van der Waals surface area contributed by atoms with Crippen molar-refractivity contribution in [2.45, 2.75) is 6.42 Å². The Balaban J connectivity index is 1.57. The fraction of sp³-hybridized carbons (Fsp3) is 0.643. The minimum Gasteiger partial charge on any atom is -0.380 e. The lowest BCUT2D eigenvalue weighted by atomic mass is 9.80. The Labute approximate surface area is 117 Å². The largest absolute Gasteiger partial charge is 0.380 e. The summed E-state index contributed by atoms with van der Waals surface area (Å²) in [5.74, 6) is 0.537. The van der Waals surface area contributed by atoms with E-state index < -0.39 is 0 Å². The summed E-state index contributed by atoms with van der Waals surface area (Å²) in [7, 11) is 2.08. The second-order valence-electron chi connectivity index (χ2n) is 5.65. The van der Waals surface area contributed by atoms with Gasteiger partial charge >= 0.3 is 0 Å². The molecule has 1 aromatic heterocycles. The van der Waals surface area contributed by atoms with E-state index in [2.05, 4.69) is 28.7 Å². The molecule has 19 heavy (non-hydrogen) atoms. The Kier molecular flexibility index (Phi) is 3.60. The zero-order valence-electron chi connectivity index (χ0n) is 11.2. The van der Waals surface area contributed by atoms with Gasteiger partial charge in [-0.1, -0.05) is 6.07 Å². The fourth-order valence-corrected chi connectivity index (χ4v) is 3.95. The molecule has 3 rings (SSSR count). The number of hydrogen-bond donors (Lipinski definition) is 1. The number of thiophene rings is 1. The Morgan fingerprint density at radius 1 is 1.68 bits per heavy atom. The van der Waals surface area contributed by atoms with E-state index in [0.29, 0.717) is 12.5 Å². The monoisotopic (exact) mass is 280 g/mol. The second kappa shape index (κ2) is 5.23. The first-order valence-electron chi connectivity index (χ1n) is 6.78. The molecule has 0 radical (unpaired) electrons. The van der Waals surface area contributed by atoms with Crippen LogP contribution in [0.3, 0.4) is 0 Å². The molecule has 5 heteroatoms. The van der Waals surface area contributed by atoms with Gasteiger partial charge < -0.3 is 15.0 Å². The van der Waals surface area contributed by atoms with Crippen LogP contribution in [0, 0.1) is 11.3 Å². The first kappa shape index (κ1) is 13.1. The lowest BCUT2D eigenvalue weighted by Crippen LogP contribution is -2.47. The fourth-order valence-electron chi connectivity index (χ4n) is 3.24. The highest BCUT2D eigenvalue weighted by Crippen LogP contribution is 2.40. The van der Waals surface area contributed by atoms with Crippen LogP contribution < -0.4 is 5.32 Å². The van der Waals surface area contributed by atoms with Crippen LogP contribution in [0.4, 0.5) is 0 Å². The summed E-state index contributed by atoms with van der Waals surface area (Å²) >= 11 is 1.74. The molecule has 0 aromatic carbocycles. The number of nitrogens with one attached hydrogen (secondary N) is 1. The van der Waals surface area contributed by atoms with Crippen LogP contribution in [0.5, 0.6) is 0 Å². The maximum absolute atomic E-state index is 12.5. The molecule has 1 aromatic rings. The smallest absolute Gasteiger partial charge is 0.230 e. The van der Waals surface area contributed by atoms with Crippen molar-refractivity contribution in [2.24, 2.45) is 11.3 Å². The molecule has 2 saturated heterocycles. The molecule has 0 saturated carbocycles. The molecule has 104 valence electrons. The quantitative estimate of drug-likeness (QED) is 0.894. The van der Waals surface area contributed by atoms with Gasteiger partial charge in [0.2, 0.25) is 5.91 Å². The van der Waals surface area contributed by atoms with Crippen LogP contribution in [-0.2, 0) is 16.0 Å². The van der Waals surface area contributed by atoms with Crippen LogP contribution in [0.15, 0.2) is 17.5 Å². The first-order valence-corrected chi connectivity index (χ1v) is 7.66. The third-order valence-electron chi connectivity index (χ3n) is 4.23. The van der Waals surface area contributed by atoms with E-state index in [9.17, 15) is 4.79 Å². The Morgan fingerprint density at radius 3 is 3.37 bits per heavy atom. The van der Waals surface area contributed by atoms with Crippen molar-refractivity contribution in [3.63, 3.8) is 0 Å². The van der Waals surface area contributed by atoms with Gasteiger partial charge in [-0.2, -0.15) is 0 Å². The number of rotatable bonds is 4. The number of ether oxygens (including phenoxy) is 1. The van der Waals surface area contributed by atoms with E-state index >= 15 is 0 Å².